The van der Waals surface area contributed by atoms with Crippen LogP contribution in [0.3, 0.4) is 0 Å². The van der Waals surface area contributed by atoms with Crippen LogP contribution in [0.5, 0.6) is 0 Å². The first-order chi connectivity index (χ1) is 23.6. The third kappa shape index (κ3) is 7.26. The molecule has 1 fully saturated rings. The topological polar surface area (TPSA) is 139 Å². The number of anilines is 2. The average molecular weight is 659 g/mol. The minimum absolute atomic E-state index is 0.101. The first kappa shape index (κ1) is 31.9. The Labute approximate surface area is 283 Å². The van der Waals surface area contributed by atoms with Gasteiger partial charge in [-0.2, -0.15) is 4.98 Å². The number of hydrogen-bond donors (Lipinski definition) is 2. The van der Waals surface area contributed by atoms with E-state index in [9.17, 15) is 9.59 Å². The van der Waals surface area contributed by atoms with Gasteiger partial charge in [-0.15, -0.1) is 0 Å². The van der Waals surface area contributed by atoms with Gasteiger partial charge in [0.05, 0.1) is 16.7 Å². The fourth-order valence-corrected chi connectivity index (χ4v) is 5.94. The highest BCUT2D eigenvalue weighted by molar-refractivity contribution is 5.97. The average Bonchev–Trinajstić information content (AvgIpc) is 3.46. The lowest BCUT2D eigenvalue weighted by Crippen LogP contribution is -2.50. The van der Waals surface area contributed by atoms with Crippen molar-refractivity contribution in [2.24, 2.45) is 4.99 Å². The summed E-state index contributed by atoms with van der Waals surface area (Å²) in [5.74, 6) is 0.475. The summed E-state index contributed by atoms with van der Waals surface area (Å²) in [6.45, 7) is 8.65. The third-order valence-electron chi connectivity index (χ3n) is 8.40. The summed E-state index contributed by atoms with van der Waals surface area (Å²) in [7, 11) is 0. The molecule has 6 aromatic rings. The number of para-hydroxylation sites is 2. The van der Waals surface area contributed by atoms with E-state index < -0.39 is 5.60 Å². The Kier molecular flexibility index (Phi) is 8.52. The Morgan fingerprint density at radius 1 is 0.898 bits per heavy atom. The number of benzene rings is 4. The van der Waals surface area contributed by atoms with E-state index in [1.807, 2.05) is 93.6 Å². The molecule has 11 nitrogen and oxygen atoms in total. The number of piperazine rings is 1. The van der Waals surface area contributed by atoms with Crippen LogP contribution < -0.4 is 16.4 Å². The molecule has 3 N–H and O–H groups in total. The highest BCUT2D eigenvalue weighted by Crippen LogP contribution is 2.30. The number of oxazole rings is 1. The zero-order chi connectivity index (χ0) is 34.1. The summed E-state index contributed by atoms with van der Waals surface area (Å²) in [5, 5.41) is 6.69. The van der Waals surface area contributed by atoms with Crippen molar-refractivity contribution >= 4 is 62.2 Å². The Bertz CT molecular complexity index is 2260. The van der Waals surface area contributed by atoms with Crippen LogP contribution in [0.15, 0.2) is 98.8 Å². The summed E-state index contributed by atoms with van der Waals surface area (Å²) < 4.78 is 17.5. The van der Waals surface area contributed by atoms with Crippen molar-refractivity contribution in [1.29, 1.82) is 0 Å². The van der Waals surface area contributed by atoms with Gasteiger partial charge in [-0.25, -0.2) is 9.79 Å². The number of carbonyl (C=O) groups is 2. The largest absolute Gasteiger partial charge is 0.456 e. The number of hydrogen-bond acceptors (Lipinski definition) is 9. The number of amides is 2. The van der Waals surface area contributed by atoms with Gasteiger partial charge in [-0.05, 0) is 74.0 Å². The number of nitrogen functional groups attached to an aromatic ring is 1. The first-order valence-corrected chi connectivity index (χ1v) is 16.3. The minimum Gasteiger partial charge on any atom is -0.456 e. The molecule has 2 amide bonds. The summed E-state index contributed by atoms with van der Waals surface area (Å²) in [4.78, 5) is 38.8. The van der Waals surface area contributed by atoms with Gasteiger partial charge in [-0.3, -0.25) is 9.69 Å². The van der Waals surface area contributed by atoms with Crippen molar-refractivity contribution < 1.29 is 23.2 Å². The number of fused-ring (bicyclic) bond motifs is 3. The van der Waals surface area contributed by atoms with Gasteiger partial charge in [0.25, 0.3) is 6.01 Å². The predicted octanol–water partition coefficient (Wildman–Crippen LogP) is 7.09. The highest BCUT2D eigenvalue weighted by Gasteiger charge is 2.26. The zero-order valence-electron chi connectivity index (χ0n) is 27.7. The molecule has 2 aromatic heterocycles. The fraction of sp³-hybridized carbons (Fsp3) is 0.263. The second-order valence-corrected chi connectivity index (χ2v) is 13.2. The second-order valence-electron chi connectivity index (χ2n) is 13.2. The normalized spacial score (nSPS) is 14.5. The molecule has 0 unspecified atom stereocenters. The summed E-state index contributed by atoms with van der Waals surface area (Å²) in [6, 6.07) is 27.3. The van der Waals surface area contributed by atoms with Gasteiger partial charge in [0.15, 0.2) is 5.58 Å². The quantitative estimate of drug-likeness (QED) is 0.181. The van der Waals surface area contributed by atoms with Crippen LogP contribution in [0.4, 0.5) is 22.2 Å². The summed E-state index contributed by atoms with van der Waals surface area (Å²) in [5.41, 5.74) is 9.15. The van der Waals surface area contributed by atoms with Crippen LogP contribution in [0.2, 0.25) is 0 Å². The molecule has 250 valence electrons. The minimum atomic E-state index is -0.531. The van der Waals surface area contributed by atoms with Crippen molar-refractivity contribution in [2.45, 2.75) is 32.8 Å². The molecule has 4 aromatic carbocycles. The van der Waals surface area contributed by atoms with E-state index >= 15 is 0 Å². The third-order valence-corrected chi connectivity index (χ3v) is 8.40. The van der Waals surface area contributed by atoms with E-state index in [0.29, 0.717) is 78.3 Å². The van der Waals surface area contributed by atoms with Crippen LogP contribution in [0.1, 0.15) is 27.2 Å². The van der Waals surface area contributed by atoms with E-state index in [1.54, 1.807) is 4.90 Å². The smallest absolute Gasteiger partial charge is 0.410 e. The van der Waals surface area contributed by atoms with Gasteiger partial charge in [0.1, 0.15) is 22.5 Å². The monoisotopic (exact) mass is 658 g/mol. The van der Waals surface area contributed by atoms with Crippen molar-refractivity contribution in [3.8, 4) is 11.3 Å². The molecule has 0 bridgehead atoms. The summed E-state index contributed by atoms with van der Waals surface area (Å²) in [6.07, 6.45) is 0.00472. The number of nitrogens with two attached hydrogens (primary N) is 1. The molecular formula is C38H38N6O5. The number of rotatable bonds is 6. The SMILES string of the molecule is CC(C)(C)OC(=O)N1CCN(CCC(=O)Nc2ccccc2N=c2cc(-c3ccc4nc(N)oc4c3)oc3cc4ccccc4cc23)CC1. The van der Waals surface area contributed by atoms with Crippen molar-refractivity contribution in [3.05, 3.63) is 90.3 Å². The Balaban J connectivity index is 1.14. The van der Waals surface area contributed by atoms with Crippen LogP contribution in [-0.4, -0.2) is 65.1 Å². The molecule has 1 aliphatic rings. The van der Waals surface area contributed by atoms with Gasteiger partial charge in [-0.1, -0.05) is 36.4 Å². The standard InChI is InChI=1S/C38H38N6O5/c1-38(2,3)49-37(46)44-18-16-43(17-19-44)15-14-35(45)41-29-11-7-6-10-28(29)40-31-23-32(26-12-13-30-34(22-26)48-36(39)42-30)47-33-21-25-9-5-4-8-24(25)20-27(31)33/h4-13,20-23H,14-19H2,1-3H3,(H2,39,42)(H,41,45). The maximum atomic E-state index is 13.2. The lowest BCUT2D eigenvalue weighted by atomic mass is 10.1. The number of nitrogens with zero attached hydrogens (tertiary/aromatic N) is 4. The van der Waals surface area contributed by atoms with E-state index in [1.165, 1.54) is 0 Å². The molecule has 11 heteroatoms. The van der Waals surface area contributed by atoms with Crippen molar-refractivity contribution in [1.82, 2.24) is 14.8 Å². The molecule has 0 radical (unpaired) electrons. The van der Waals surface area contributed by atoms with Gasteiger partial charge >= 0.3 is 6.09 Å². The number of aromatic nitrogens is 1. The van der Waals surface area contributed by atoms with E-state index in [4.69, 9.17) is 24.3 Å². The van der Waals surface area contributed by atoms with E-state index in [-0.39, 0.29) is 18.0 Å². The Morgan fingerprint density at radius 3 is 2.41 bits per heavy atom. The van der Waals surface area contributed by atoms with Crippen LogP contribution in [0, 0.1) is 0 Å². The fourth-order valence-electron chi connectivity index (χ4n) is 5.94. The Hall–Kier alpha value is -5.68. The summed E-state index contributed by atoms with van der Waals surface area (Å²) >= 11 is 0. The van der Waals surface area contributed by atoms with Crippen molar-refractivity contribution in [2.75, 3.05) is 43.8 Å². The van der Waals surface area contributed by atoms with Crippen LogP contribution in [-0.2, 0) is 9.53 Å². The van der Waals surface area contributed by atoms with Crippen LogP contribution in [0.25, 0.3) is 44.2 Å². The zero-order valence-corrected chi connectivity index (χ0v) is 27.7. The van der Waals surface area contributed by atoms with Crippen LogP contribution >= 0.6 is 0 Å². The molecule has 0 saturated carbocycles. The molecule has 1 saturated heterocycles. The lowest BCUT2D eigenvalue weighted by Gasteiger charge is -2.35. The molecule has 0 aliphatic carbocycles. The Morgan fingerprint density at radius 2 is 1.63 bits per heavy atom. The second kappa shape index (κ2) is 13.1. The first-order valence-electron chi connectivity index (χ1n) is 16.3. The van der Waals surface area contributed by atoms with Gasteiger partial charge in [0.2, 0.25) is 5.91 Å². The van der Waals surface area contributed by atoms with E-state index in [2.05, 4.69) is 27.3 Å². The molecule has 3 heterocycles. The molecule has 49 heavy (non-hydrogen) atoms. The highest BCUT2D eigenvalue weighted by atomic mass is 16.6. The van der Waals surface area contributed by atoms with Gasteiger partial charge < -0.3 is 29.5 Å². The van der Waals surface area contributed by atoms with Crippen molar-refractivity contribution in [3.63, 3.8) is 0 Å². The maximum absolute atomic E-state index is 13.2. The molecule has 0 spiro atoms. The molecular weight excluding hydrogens is 620 g/mol. The number of ether oxygens (including phenoxy) is 1. The molecule has 7 rings (SSSR count). The number of carbonyl (C=O) groups excluding carboxylic acids is 2. The lowest BCUT2D eigenvalue weighted by molar-refractivity contribution is -0.116. The van der Waals surface area contributed by atoms with E-state index in [0.717, 1.165) is 21.7 Å². The van der Waals surface area contributed by atoms with Gasteiger partial charge in [0, 0.05) is 56.2 Å². The predicted molar refractivity (Wildman–Crippen MR) is 190 cm³/mol. The molecule has 0 atom stereocenters. The molecule has 1 aliphatic heterocycles. The number of nitrogens with one attached hydrogen (secondary N) is 1. The maximum Gasteiger partial charge on any atom is 0.410 e.